The van der Waals surface area contributed by atoms with Crippen molar-refractivity contribution >= 4 is 40.8 Å². The Balaban J connectivity index is 1.41. The number of allylic oxidation sites excluding steroid dienone is 1. The SMILES string of the molecule is CCOc1c(Cl)cc(C(=O)Oc2ccc3c(c2)OC(N)=C(C#N)C3c2cccc(OCc3ccccc3Cl)c2)cc1Cl. The molecule has 1 unspecified atom stereocenters. The zero-order valence-corrected chi connectivity index (χ0v) is 24.5. The molecule has 1 heterocycles. The summed E-state index contributed by atoms with van der Waals surface area (Å²) in [6, 6.07) is 24.7. The number of hydrogen-bond acceptors (Lipinski definition) is 7. The van der Waals surface area contributed by atoms with Gasteiger partial charge in [-0.15, -0.1) is 0 Å². The minimum Gasteiger partial charge on any atom is -0.491 e. The number of hydrogen-bond donors (Lipinski definition) is 1. The third kappa shape index (κ3) is 6.12. The number of ether oxygens (including phenoxy) is 4. The molecular formula is C32H23Cl3N2O5. The summed E-state index contributed by atoms with van der Waals surface area (Å²) in [5.74, 6) is 0.144. The molecule has 0 spiro atoms. The van der Waals surface area contributed by atoms with E-state index in [0.29, 0.717) is 34.4 Å². The zero-order valence-electron chi connectivity index (χ0n) is 22.2. The van der Waals surface area contributed by atoms with Crippen LogP contribution in [0.2, 0.25) is 15.1 Å². The highest BCUT2D eigenvalue weighted by Gasteiger charge is 2.31. The van der Waals surface area contributed by atoms with Gasteiger partial charge in [-0.05, 0) is 48.9 Å². The molecule has 1 aliphatic rings. The van der Waals surface area contributed by atoms with E-state index < -0.39 is 11.9 Å². The van der Waals surface area contributed by atoms with Crippen LogP contribution in [0.15, 0.2) is 90.3 Å². The Bertz CT molecular complexity index is 1730. The highest BCUT2D eigenvalue weighted by Crippen LogP contribution is 2.44. The largest absolute Gasteiger partial charge is 0.491 e. The molecule has 1 aliphatic heterocycles. The molecule has 10 heteroatoms. The summed E-state index contributed by atoms with van der Waals surface area (Å²) in [7, 11) is 0. The third-order valence-electron chi connectivity index (χ3n) is 6.47. The predicted molar refractivity (Wildman–Crippen MR) is 161 cm³/mol. The van der Waals surface area contributed by atoms with E-state index in [1.165, 1.54) is 18.2 Å². The molecule has 5 rings (SSSR count). The summed E-state index contributed by atoms with van der Waals surface area (Å²) in [5.41, 5.74) is 8.84. The lowest BCUT2D eigenvalue weighted by Gasteiger charge is -2.27. The zero-order chi connectivity index (χ0) is 29.8. The molecule has 212 valence electrons. The Morgan fingerprint density at radius 1 is 0.929 bits per heavy atom. The summed E-state index contributed by atoms with van der Waals surface area (Å²) < 4.78 is 22.8. The Hall–Kier alpha value is -4.35. The van der Waals surface area contributed by atoms with Gasteiger partial charge in [0, 0.05) is 22.2 Å². The first-order chi connectivity index (χ1) is 20.3. The van der Waals surface area contributed by atoms with Crippen molar-refractivity contribution in [1.82, 2.24) is 0 Å². The second kappa shape index (κ2) is 12.7. The number of halogens is 3. The van der Waals surface area contributed by atoms with Gasteiger partial charge < -0.3 is 24.7 Å². The van der Waals surface area contributed by atoms with E-state index in [1.54, 1.807) is 25.1 Å². The summed E-state index contributed by atoms with van der Waals surface area (Å²) >= 11 is 18.8. The number of nitriles is 1. The van der Waals surface area contributed by atoms with Gasteiger partial charge >= 0.3 is 5.97 Å². The third-order valence-corrected chi connectivity index (χ3v) is 7.40. The number of nitrogens with two attached hydrogens (primary N) is 1. The fraction of sp³-hybridized carbons (Fsp3) is 0.125. The maximum absolute atomic E-state index is 12.9. The van der Waals surface area contributed by atoms with Crippen molar-refractivity contribution in [3.05, 3.63) is 128 Å². The molecular weight excluding hydrogens is 599 g/mol. The van der Waals surface area contributed by atoms with Gasteiger partial charge in [0.2, 0.25) is 5.88 Å². The van der Waals surface area contributed by atoms with E-state index in [-0.39, 0.29) is 39.4 Å². The van der Waals surface area contributed by atoms with Gasteiger partial charge in [-0.2, -0.15) is 5.26 Å². The van der Waals surface area contributed by atoms with Gasteiger partial charge in [0.15, 0.2) is 5.75 Å². The second-order valence-corrected chi connectivity index (χ2v) is 10.4. The molecule has 42 heavy (non-hydrogen) atoms. The van der Waals surface area contributed by atoms with Crippen LogP contribution in [-0.4, -0.2) is 12.6 Å². The number of rotatable bonds is 8. The summed E-state index contributed by atoms with van der Waals surface area (Å²) in [4.78, 5) is 12.9. The molecule has 0 bridgehead atoms. The Labute approximate surface area is 257 Å². The number of nitrogens with zero attached hydrogens (tertiary/aromatic N) is 1. The first-order valence-corrected chi connectivity index (χ1v) is 13.9. The van der Waals surface area contributed by atoms with Crippen LogP contribution < -0.4 is 24.7 Å². The quantitative estimate of drug-likeness (QED) is 0.157. The number of fused-ring (bicyclic) bond motifs is 1. The number of carbonyl (C=O) groups is 1. The average molecular weight is 622 g/mol. The highest BCUT2D eigenvalue weighted by atomic mass is 35.5. The maximum atomic E-state index is 12.9. The van der Waals surface area contributed by atoms with Gasteiger partial charge in [0.25, 0.3) is 0 Å². The van der Waals surface area contributed by atoms with E-state index in [9.17, 15) is 10.1 Å². The standard InChI is InChI=1S/C32H23Cl3N2O5/c1-2-39-30-26(34)13-20(14-27(30)35)32(38)41-22-10-11-23-28(15-22)42-31(37)24(16-36)29(23)18-7-5-8-21(12-18)40-17-19-6-3-4-9-25(19)33/h3-15,29H,2,17,37H2,1H3. The fourth-order valence-electron chi connectivity index (χ4n) is 4.53. The molecule has 0 amide bonds. The smallest absolute Gasteiger partial charge is 0.343 e. The minimum absolute atomic E-state index is 0.0501. The van der Waals surface area contributed by atoms with Crippen LogP contribution in [0.1, 0.15) is 39.9 Å². The van der Waals surface area contributed by atoms with Crippen LogP contribution in [0, 0.1) is 11.3 Å². The molecule has 0 fully saturated rings. The number of esters is 1. The molecule has 0 saturated heterocycles. The lowest BCUT2D eigenvalue weighted by molar-refractivity contribution is 0.0734. The van der Waals surface area contributed by atoms with Crippen LogP contribution in [0.5, 0.6) is 23.0 Å². The molecule has 0 aromatic heterocycles. The molecule has 0 saturated carbocycles. The second-order valence-electron chi connectivity index (χ2n) is 9.17. The summed E-state index contributed by atoms with van der Waals surface area (Å²) in [6.07, 6.45) is 0. The predicted octanol–water partition coefficient (Wildman–Crippen LogP) is 8.06. The maximum Gasteiger partial charge on any atom is 0.343 e. The van der Waals surface area contributed by atoms with Crippen molar-refractivity contribution in [2.75, 3.05) is 6.61 Å². The van der Waals surface area contributed by atoms with Crippen LogP contribution in [0.4, 0.5) is 0 Å². The first-order valence-electron chi connectivity index (χ1n) is 12.8. The highest BCUT2D eigenvalue weighted by molar-refractivity contribution is 6.37. The lowest BCUT2D eigenvalue weighted by atomic mass is 9.83. The topological polar surface area (TPSA) is 104 Å². The van der Waals surface area contributed by atoms with Crippen LogP contribution in [0.25, 0.3) is 0 Å². The van der Waals surface area contributed by atoms with Gasteiger partial charge in [-0.25, -0.2) is 4.79 Å². The Morgan fingerprint density at radius 3 is 2.40 bits per heavy atom. The molecule has 4 aromatic rings. The van der Waals surface area contributed by atoms with Gasteiger partial charge in [-0.1, -0.05) is 71.2 Å². The van der Waals surface area contributed by atoms with Crippen LogP contribution in [0.3, 0.4) is 0 Å². The van der Waals surface area contributed by atoms with E-state index >= 15 is 0 Å². The molecule has 0 aliphatic carbocycles. The van der Waals surface area contributed by atoms with Crippen LogP contribution >= 0.6 is 34.8 Å². The van der Waals surface area contributed by atoms with E-state index in [2.05, 4.69) is 6.07 Å². The van der Waals surface area contributed by atoms with Crippen molar-refractivity contribution in [2.24, 2.45) is 5.73 Å². The summed E-state index contributed by atoms with van der Waals surface area (Å²) in [6.45, 7) is 2.44. The van der Waals surface area contributed by atoms with Gasteiger partial charge in [-0.3, -0.25) is 0 Å². The van der Waals surface area contributed by atoms with Gasteiger partial charge in [0.05, 0.1) is 28.1 Å². The average Bonchev–Trinajstić information content (AvgIpc) is 2.97. The molecule has 2 N–H and O–H groups in total. The minimum atomic E-state index is -0.682. The van der Waals surface area contributed by atoms with Crippen molar-refractivity contribution in [3.8, 4) is 29.1 Å². The van der Waals surface area contributed by atoms with E-state index in [0.717, 1.165) is 11.1 Å². The first kappa shape index (κ1) is 29.2. The monoisotopic (exact) mass is 620 g/mol. The van der Waals surface area contributed by atoms with E-state index in [4.69, 9.17) is 59.5 Å². The van der Waals surface area contributed by atoms with Crippen molar-refractivity contribution in [3.63, 3.8) is 0 Å². The molecule has 4 aromatic carbocycles. The van der Waals surface area contributed by atoms with Crippen molar-refractivity contribution in [1.29, 1.82) is 5.26 Å². The molecule has 1 atom stereocenters. The fourth-order valence-corrected chi connectivity index (χ4v) is 5.31. The number of benzene rings is 4. The normalized spacial score (nSPS) is 13.9. The van der Waals surface area contributed by atoms with Crippen molar-refractivity contribution < 1.29 is 23.7 Å². The molecule has 7 nitrogen and oxygen atoms in total. The number of carbonyl (C=O) groups excluding carboxylic acids is 1. The molecule has 0 radical (unpaired) electrons. The van der Waals surface area contributed by atoms with Gasteiger partial charge in [0.1, 0.15) is 35.5 Å². The van der Waals surface area contributed by atoms with Crippen LogP contribution in [-0.2, 0) is 6.61 Å². The Morgan fingerprint density at radius 2 is 1.69 bits per heavy atom. The Kier molecular flexibility index (Phi) is 8.79. The summed E-state index contributed by atoms with van der Waals surface area (Å²) in [5, 5.41) is 10.9. The lowest BCUT2D eigenvalue weighted by Crippen LogP contribution is -2.21. The van der Waals surface area contributed by atoms with E-state index in [1.807, 2.05) is 42.5 Å². The van der Waals surface area contributed by atoms with Crippen molar-refractivity contribution in [2.45, 2.75) is 19.4 Å².